The second kappa shape index (κ2) is 14.9. The molecule has 4 amide bonds. The number of benzene rings is 7. The minimum Gasteiger partial charge on any atom is -0.268 e. The van der Waals surface area contributed by atoms with Crippen molar-refractivity contribution in [1.82, 2.24) is 0 Å². The van der Waals surface area contributed by atoms with Gasteiger partial charge in [-0.2, -0.15) is 0 Å². The molecule has 0 fully saturated rings. The Kier molecular flexibility index (Phi) is 9.51. The maximum absolute atomic E-state index is 14.1. The highest BCUT2D eigenvalue weighted by Gasteiger charge is 2.39. The zero-order chi connectivity index (χ0) is 42.0. The zero-order valence-corrected chi connectivity index (χ0v) is 34.5. The fraction of sp³-hybridized carbons (Fsp3) is 0.148. The summed E-state index contributed by atoms with van der Waals surface area (Å²) in [5.41, 5.74) is 14.8. The van der Waals surface area contributed by atoms with Crippen LogP contribution in [0.3, 0.4) is 0 Å². The molecule has 0 aromatic heterocycles. The molecule has 0 atom stereocenters. The number of hydrogen-bond acceptors (Lipinski definition) is 4. The van der Waals surface area contributed by atoms with Crippen LogP contribution >= 0.6 is 0 Å². The number of aryl methyl sites for hydroxylation is 2. The Hall–Kier alpha value is -7.18. The SMILES string of the molecule is Cc1ccc(-c2ccc3c(c2)C(=O)N(c2ccc(-c4ccc(-c5cc(C(C)C)c(N6C(=O)c7ccc(-c8ccc(C)cc8)cc7C6=O)cc5C(C)C)cc4)cc2)C3=O)cc1. The van der Waals surface area contributed by atoms with Crippen molar-refractivity contribution in [3.8, 4) is 44.5 Å². The van der Waals surface area contributed by atoms with E-state index in [-0.39, 0.29) is 35.5 Å². The molecule has 7 aromatic carbocycles. The lowest BCUT2D eigenvalue weighted by atomic mass is 9.86. The lowest BCUT2D eigenvalue weighted by Crippen LogP contribution is -2.30. The van der Waals surface area contributed by atoms with Crippen LogP contribution in [0.4, 0.5) is 11.4 Å². The molecule has 2 aliphatic heterocycles. The predicted octanol–water partition coefficient (Wildman–Crippen LogP) is 12.8. The molecule has 0 aliphatic carbocycles. The molecule has 7 aromatic rings. The summed E-state index contributed by atoms with van der Waals surface area (Å²) in [6.07, 6.45) is 0. The normalized spacial score (nSPS) is 13.5. The summed E-state index contributed by atoms with van der Waals surface area (Å²) < 4.78 is 0. The van der Waals surface area contributed by atoms with Crippen LogP contribution in [0.25, 0.3) is 44.5 Å². The number of hydrogen-bond donors (Lipinski definition) is 0. The Morgan fingerprint density at radius 3 is 1.18 bits per heavy atom. The first kappa shape index (κ1) is 38.3. The largest absolute Gasteiger partial charge is 0.268 e. The first-order chi connectivity index (χ1) is 28.9. The van der Waals surface area contributed by atoms with Gasteiger partial charge < -0.3 is 0 Å². The number of imide groups is 2. The van der Waals surface area contributed by atoms with Crippen molar-refractivity contribution in [1.29, 1.82) is 0 Å². The van der Waals surface area contributed by atoms with Crippen LogP contribution in [-0.2, 0) is 0 Å². The second-order valence-electron chi connectivity index (χ2n) is 16.6. The Bertz CT molecular complexity index is 2890. The van der Waals surface area contributed by atoms with Gasteiger partial charge in [-0.1, -0.05) is 136 Å². The molecule has 2 aliphatic rings. The minimum absolute atomic E-state index is 0.0302. The maximum atomic E-state index is 14.1. The maximum Gasteiger partial charge on any atom is 0.266 e. The van der Waals surface area contributed by atoms with Crippen LogP contribution < -0.4 is 9.80 Å². The topological polar surface area (TPSA) is 74.8 Å². The van der Waals surface area contributed by atoms with Crippen LogP contribution in [0, 0.1) is 13.8 Å². The molecule has 9 rings (SSSR count). The quantitative estimate of drug-likeness (QED) is 0.144. The van der Waals surface area contributed by atoms with Crippen LogP contribution in [0.2, 0.25) is 0 Å². The van der Waals surface area contributed by atoms with Gasteiger partial charge in [0.25, 0.3) is 23.6 Å². The standard InChI is InChI=1S/C54H44N2O4/c1-31(2)45-30-50(56-52(58)44-26-22-41(28-49(44)54(56)60)38-13-9-34(6)10-14-38)46(32(3)4)29-47(45)39-17-15-35(16-18-39)36-19-23-42(24-20-36)55-51(57)43-25-21-40(27-48(43)53(55)59)37-11-7-33(5)8-12-37/h7-32H,1-6H3. The number of amides is 4. The summed E-state index contributed by atoms with van der Waals surface area (Å²) >= 11 is 0. The van der Waals surface area contributed by atoms with Gasteiger partial charge in [0, 0.05) is 0 Å². The number of nitrogens with zero attached hydrogens (tertiary/aromatic N) is 2. The Balaban J connectivity index is 0.981. The molecule has 2 heterocycles. The van der Waals surface area contributed by atoms with E-state index in [1.807, 2.05) is 117 Å². The molecule has 294 valence electrons. The summed E-state index contributed by atoms with van der Waals surface area (Å²) in [6, 6.07) is 47.3. The third kappa shape index (κ3) is 6.55. The van der Waals surface area contributed by atoms with E-state index in [9.17, 15) is 19.2 Å². The van der Waals surface area contributed by atoms with Crippen molar-refractivity contribution in [3.05, 3.63) is 190 Å². The molecular weight excluding hydrogens is 741 g/mol. The fourth-order valence-electron chi connectivity index (χ4n) is 8.44. The molecule has 0 unspecified atom stereocenters. The summed E-state index contributed by atoms with van der Waals surface area (Å²) in [7, 11) is 0. The van der Waals surface area contributed by atoms with E-state index in [1.54, 1.807) is 12.1 Å². The number of fused-ring (bicyclic) bond motifs is 2. The molecule has 6 heteroatoms. The van der Waals surface area contributed by atoms with E-state index >= 15 is 0 Å². The molecule has 0 radical (unpaired) electrons. The van der Waals surface area contributed by atoms with Gasteiger partial charge in [0.1, 0.15) is 0 Å². The molecule has 0 bridgehead atoms. The molecule has 6 nitrogen and oxygen atoms in total. The first-order valence-corrected chi connectivity index (χ1v) is 20.5. The van der Waals surface area contributed by atoms with Gasteiger partial charge >= 0.3 is 0 Å². The van der Waals surface area contributed by atoms with E-state index in [2.05, 4.69) is 58.0 Å². The third-order valence-corrected chi connectivity index (χ3v) is 11.9. The molecule has 0 saturated heterocycles. The van der Waals surface area contributed by atoms with Gasteiger partial charge in [-0.05, 0) is 130 Å². The number of carbonyl (C=O) groups excluding carboxylic acids is 4. The Morgan fingerprint density at radius 2 is 0.700 bits per heavy atom. The number of rotatable bonds is 8. The van der Waals surface area contributed by atoms with Crippen LogP contribution in [0.15, 0.2) is 146 Å². The van der Waals surface area contributed by atoms with Crippen molar-refractivity contribution >= 4 is 35.0 Å². The predicted molar refractivity (Wildman–Crippen MR) is 241 cm³/mol. The lowest BCUT2D eigenvalue weighted by Gasteiger charge is -2.25. The molecule has 60 heavy (non-hydrogen) atoms. The van der Waals surface area contributed by atoms with Crippen molar-refractivity contribution in [2.24, 2.45) is 0 Å². The van der Waals surface area contributed by atoms with Crippen molar-refractivity contribution < 1.29 is 19.2 Å². The van der Waals surface area contributed by atoms with Gasteiger partial charge in [0.2, 0.25) is 0 Å². The molecule has 0 N–H and O–H groups in total. The number of anilines is 2. The van der Waals surface area contributed by atoms with E-state index in [1.165, 1.54) is 9.80 Å². The Morgan fingerprint density at radius 1 is 0.333 bits per heavy atom. The van der Waals surface area contributed by atoms with Crippen molar-refractivity contribution in [3.63, 3.8) is 0 Å². The van der Waals surface area contributed by atoms with Gasteiger partial charge in [0.15, 0.2) is 0 Å². The van der Waals surface area contributed by atoms with Crippen LogP contribution in [-0.4, -0.2) is 23.6 Å². The highest BCUT2D eigenvalue weighted by Crippen LogP contribution is 2.42. The first-order valence-electron chi connectivity index (χ1n) is 20.5. The summed E-state index contributed by atoms with van der Waals surface area (Å²) in [4.78, 5) is 57.9. The van der Waals surface area contributed by atoms with Gasteiger partial charge in [-0.25, -0.2) is 9.80 Å². The van der Waals surface area contributed by atoms with Crippen molar-refractivity contribution in [2.75, 3.05) is 9.80 Å². The summed E-state index contributed by atoms with van der Waals surface area (Å²) in [6.45, 7) is 12.5. The van der Waals surface area contributed by atoms with Gasteiger partial charge in [-0.3, -0.25) is 19.2 Å². The smallest absolute Gasteiger partial charge is 0.266 e. The van der Waals surface area contributed by atoms with E-state index < -0.39 is 0 Å². The average molecular weight is 785 g/mol. The van der Waals surface area contributed by atoms with E-state index in [0.29, 0.717) is 33.6 Å². The highest BCUT2D eigenvalue weighted by atomic mass is 16.2. The Labute approximate surface area is 350 Å². The molecule has 0 spiro atoms. The van der Waals surface area contributed by atoms with E-state index in [0.717, 1.165) is 66.8 Å². The molecular formula is C54H44N2O4. The summed E-state index contributed by atoms with van der Waals surface area (Å²) in [5, 5.41) is 0. The highest BCUT2D eigenvalue weighted by molar-refractivity contribution is 6.35. The van der Waals surface area contributed by atoms with Gasteiger partial charge in [-0.15, -0.1) is 0 Å². The van der Waals surface area contributed by atoms with Crippen molar-refractivity contribution in [2.45, 2.75) is 53.4 Å². The second-order valence-corrected chi connectivity index (χ2v) is 16.6. The minimum atomic E-state index is -0.330. The van der Waals surface area contributed by atoms with Gasteiger partial charge in [0.05, 0.1) is 33.6 Å². The number of carbonyl (C=O) groups is 4. The van der Waals surface area contributed by atoms with E-state index in [4.69, 9.17) is 0 Å². The van der Waals surface area contributed by atoms with Crippen LogP contribution in [0.1, 0.15) is 103 Å². The lowest BCUT2D eigenvalue weighted by molar-refractivity contribution is 0.0910. The monoisotopic (exact) mass is 784 g/mol. The average Bonchev–Trinajstić information content (AvgIpc) is 3.66. The van der Waals surface area contributed by atoms with Crippen LogP contribution in [0.5, 0.6) is 0 Å². The zero-order valence-electron chi connectivity index (χ0n) is 34.5. The molecule has 0 saturated carbocycles. The third-order valence-electron chi connectivity index (χ3n) is 11.9. The fourth-order valence-corrected chi connectivity index (χ4v) is 8.44. The summed E-state index contributed by atoms with van der Waals surface area (Å²) in [5.74, 6) is -1.14.